The molecule has 5 nitrogen and oxygen atoms in total. The van der Waals surface area contributed by atoms with Crippen LogP contribution in [0, 0.1) is 6.92 Å². The van der Waals surface area contributed by atoms with Crippen LogP contribution >= 0.6 is 0 Å². The second-order valence-corrected chi connectivity index (χ2v) is 4.65. The lowest BCUT2D eigenvalue weighted by Crippen LogP contribution is -2.09. The summed E-state index contributed by atoms with van der Waals surface area (Å²) in [5.74, 6) is -0.729. The highest BCUT2D eigenvalue weighted by molar-refractivity contribution is 5.99. The maximum absolute atomic E-state index is 12.0. The summed E-state index contributed by atoms with van der Waals surface area (Å²) in [5, 5.41) is 2.61. The summed E-state index contributed by atoms with van der Waals surface area (Å²) < 4.78 is 5.25. The summed E-state index contributed by atoms with van der Waals surface area (Å²) >= 11 is 0. The van der Waals surface area contributed by atoms with E-state index in [-0.39, 0.29) is 12.5 Å². The number of hydrogen-bond acceptors (Lipinski definition) is 4. The molecule has 0 aliphatic carbocycles. The normalized spacial score (nSPS) is 9.86. The molecule has 0 aliphatic heterocycles. The number of anilines is 1. The Bertz CT molecular complexity index is 693. The van der Waals surface area contributed by atoms with Gasteiger partial charge in [-0.1, -0.05) is 6.58 Å². The fraction of sp³-hybridized carbons (Fsp3) is 0.118. The van der Waals surface area contributed by atoms with Gasteiger partial charge in [-0.05, 0) is 48.9 Å². The first-order valence-corrected chi connectivity index (χ1v) is 6.70. The number of amides is 1. The Hall–Kier alpha value is -2.95. The Morgan fingerprint density at radius 3 is 2.64 bits per heavy atom. The Labute approximate surface area is 128 Å². The van der Waals surface area contributed by atoms with Crippen LogP contribution in [0.4, 0.5) is 5.69 Å². The Balaban J connectivity index is 1.97. The fourth-order valence-corrected chi connectivity index (χ4v) is 1.76. The Kier molecular flexibility index (Phi) is 5.03. The van der Waals surface area contributed by atoms with E-state index in [0.717, 1.165) is 11.1 Å². The smallest absolute Gasteiger partial charge is 0.338 e. The van der Waals surface area contributed by atoms with Crippen molar-refractivity contribution in [2.75, 3.05) is 5.32 Å². The lowest BCUT2D eigenvalue weighted by atomic mass is 10.2. The molecule has 0 saturated heterocycles. The number of benzene rings is 1. The van der Waals surface area contributed by atoms with Crippen molar-refractivity contribution in [3.05, 3.63) is 72.1 Å². The van der Waals surface area contributed by atoms with Crippen LogP contribution in [-0.4, -0.2) is 16.9 Å². The van der Waals surface area contributed by atoms with Gasteiger partial charge in [0.2, 0.25) is 5.91 Å². The number of rotatable bonds is 5. The van der Waals surface area contributed by atoms with Crippen molar-refractivity contribution in [2.24, 2.45) is 0 Å². The van der Waals surface area contributed by atoms with E-state index in [1.54, 1.807) is 36.7 Å². The van der Waals surface area contributed by atoms with E-state index in [9.17, 15) is 9.59 Å². The average molecular weight is 296 g/mol. The van der Waals surface area contributed by atoms with Gasteiger partial charge in [0, 0.05) is 23.6 Å². The number of pyridine rings is 1. The number of carbonyl (C=O) groups is 2. The van der Waals surface area contributed by atoms with E-state index in [2.05, 4.69) is 16.9 Å². The number of ether oxygens (including phenoxy) is 1. The second kappa shape index (κ2) is 7.17. The first kappa shape index (κ1) is 15.4. The van der Waals surface area contributed by atoms with E-state index in [0.29, 0.717) is 11.3 Å². The van der Waals surface area contributed by atoms with Gasteiger partial charge in [0.25, 0.3) is 0 Å². The SMILES string of the molecule is C=CC(=O)Nc1ccc(C(=O)OCc2cnccc2C)cc1. The molecule has 2 rings (SSSR count). The molecule has 22 heavy (non-hydrogen) atoms. The zero-order valence-corrected chi connectivity index (χ0v) is 12.2. The van der Waals surface area contributed by atoms with Crippen LogP contribution in [0.2, 0.25) is 0 Å². The molecule has 5 heteroatoms. The van der Waals surface area contributed by atoms with Gasteiger partial charge in [-0.25, -0.2) is 4.79 Å². The van der Waals surface area contributed by atoms with Gasteiger partial charge in [0.1, 0.15) is 6.61 Å². The minimum absolute atomic E-state index is 0.174. The first-order valence-electron chi connectivity index (χ1n) is 6.70. The third-order valence-electron chi connectivity index (χ3n) is 3.08. The molecule has 0 aliphatic rings. The molecule has 1 aromatic heterocycles. The molecule has 0 saturated carbocycles. The van der Waals surface area contributed by atoms with Crippen molar-refractivity contribution in [2.45, 2.75) is 13.5 Å². The molecule has 1 heterocycles. The standard InChI is InChI=1S/C17H16N2O3/c1-3-16(20)19-15-6-4-13(5-7-15)17(21)22-11-14-10-18-9-8-12(14)2/h3-10H,1,11H2,2H3,(H,19,20). The minimum atomic E-state index is -0.426. The highest BCUT2D eigenvalue weighted by atomic mass is 16.5. The first-order chi connectivity index (χ1) is 10.6. The molecular formula is C17H16N2O3. The highest BCUT2D eigenvalue weighted by Gasteiger charge is 2.08. The molecule has 2 aromatic rings. The lowest BCUT2D eigenvalue weighted by Gasteiger charge is -2.07. The predicted molar refractivity (Wildman–Crippen MR) is 83.4 cm³/mol. The number of nitrogens with zero attached hydrogens (tertiary/aromatic N) is 1. The monoisotopic (exact) mass is 296 g/mol. The van der Waals surface area contributed by atoms with Gasteiger partial charge in [-0.2, -0.15) is 0 Å². The van der Waals surface area contributed by atoms with Crippen molar-refractivity contribution in [1.82, 2.24) is 4.98 Å². The van der Waals surface area contributed by atoms with Gasteiger partial charge in [0.05, 0.1) is 5.56 Å². The topological polar surface area (TPSA) is 68.3 Å². The summed E-state index contributed by atoms with van der Waals surface area (Å²) in [6, 6.07) is 8.31. The van der Waals surface area contributed by atoms with Gasteiger partial charge in [-0.3, -0.25) is 9.78 Å². The number of hydrogen-bond donors (Lipinski definition) is 1. The third-order valence-corrected chi connectivity index (χ3v) is 3.08. The number of carbonyl (C=O) groups excluding carboxylic acids is 2. The van der Waals surface area contributed by atoms with E-state index < -0.39 is 5.97 Å². The molecular weight excluding hydrogens is 280 g/mol. The van der Waals surface area contributed by atoms with Crippen molar-refractivity contribution in [1.29, 1.82) is 0 Å². The molecule has 0 radical (unpaired) electrons. The number of nitrogens with one attached hydrogen (secondary N) is 1. The largest absolute Gasteiger partial charge is 0.457 e. The van der Waals surface area contributed by atoms with E-state index >= 15 is 0 Å². The zero-order valence-electron chi connectivity index (χ0n) is 12.2. The lowest BCUT2D eigenvalue weighted by molar-refractivity contribution is -0.111. The van der Waals surface area contributed by atoms with E-state index in [1.165, 1.54) is 6.08 Å². The van der Waals surface area contributed by atoms with Crippen LogP contribution in [0.15, 0.2) is 55.4 Å². The Morgan fingerprint density at radius 2 is 2.00 bits per heavy atom. The molecule has 112 valence electrons. The Morgan fingerprint density at radius 1 is 1.27 bits per heavy atom. The zero-order chi connectivity index (χ0) is 15.9. The van der Waals surface area contributed by atoms with Crippen molar-refractivity contribution in [3.8, 4) is 0 Å². The van der Waals surface area contributed by atoms with Crippen molar-refractivity contribution >= 4 is 17.6 Å². The number of aryl methyl sites for hydroxylation is 1. The summed E-state index contributed by atoms with van der Waals surface area (Å²) in [6.45, 7) is 5.48. The van der Waals surface area contributed by atoms with Crippen molar-refractivity contribution < 1.29 is 14.3 Å². The second-order valence-electron chi connectivity index (χ2n) is 4.65. The minimum Gasteiger partial charge on any atom is -0.457 e. The number of aromatic nitrogens is 1. The predicted octanol–water partition coefficient (Wildman–Crippen LogP) is 2.87. The molecule has 0 unspecified atom stereocenters. The van der Waals surface area contributed by atoms with Crippen molar-refractivity contribution in [3.63, 3.8) is 0 Å². The highest BCUT2D eigenvalue weighted by Crippen LogP contribution is 2.12. The quantitative estimate of drug-likeness (QED) is 0.680. The maximum atomic E-state index is 12.0. The van der Waals surface area contributed by atoms with E-state index in [1.807, 2.05) is 13.0 Å². The fourth-order valence-electron chi connectivity index (χ4n) is 1.76. The van der Waals surface area contributed by atoms with Gasteiger partial charge < -0.3 is 10.1 Å². The molecule has 0 bridgehead atoms. The van der Waals surface area contributed by atoms with Crippen LogP contribution in [0.1, 0.15) is 21.5 Å². The molecule has 1 aromatic carbocycles. The maximum Gasteiger partial charge on any atom is 0.338 e. The van der Waals surface area contributed by atoms with Crippen LogP contribution in [0.5, 0.6) is 0 Å². The van der Waals surface area contributed by atoms with Gasteiger partial charge in [0.15, 0.2) is 0 Å². The summed E-state index contributed by atoms with van der Waals surface area (Å²) in [6.07, 6.45) is 4.55. The van der Waals surface area contributed by atoms with Crippen LogP contribution in [-0.2, 0) is 16.1 Å². The van der Waals surface area contributed by atoms with Crippen LogP contribution in [0.25, 0.3) is 0 Å². The third kappa shape index (κ3) is 4.02. The summed E-state index contributed by atoms with van der Waals surface area (Å²) in [7, 11) is 0. The molecule has 1 amide bonds. The summed E-state index contributed by atoms with van der Waals surface area (Å²) in [4.78, 5) is 27.1. The van der Waals surface area contributed by atoms with Gasteiger partial charge in [-0.15, -0.1) is 0 Å². The van der Waals surface area contributed by atoms with Gasteiger partial charge >= 0.3 is 5.97 Å². The van der Waals surface area contributed by atoms with E-state index in [4.69, 9.17) is 4.74 Å². The molecule has 0 fully saturated rings. The van der Waals surface area contributed by atoms with Crippen LogP contribution in [0.3, 0.4) is 0 Å². The molecule has 0 atom stereocenters. The molecule has 1 N–H and O–H groups in total. The average Bonchev–Trinajstić information content (AvgIpc) is 2.54. The summed E-state index contributed by atoms with van der Waals surface area (Å²) in [5.41, 5.74) is 2.89. The van der Waals surface area contributed by atoms with Crippen LogP contribution < -0.4 is 5.32 Å². The number of esters is 1. The molecule has 0 spiro atoms.